The van der Waals surface area contributed by atoms with Gasteiger partial charge in [-0.25, -0.2) is 4.79 Å². The Morgan fingerprint density at radius 3 is 1.81 bits per heavy atom. The van der Waals surface area contributed by atoms with E-state index in [-0.39, 0.29) is 6.61 Å². The lowest BCUT2D eigenvalue weighted by molar-refractivity contribution is -0.139. The number of carboxylic acid groups (broad SMARTS) is 1. The molecule has 0 heterocycles. The van der Waals surface area contributed by atoms with Crippen LogP contribution >= 0.6 is 0 Å². The van der Waals surface area contributed by atoms with Crippen molar-refractivity contribution in [2.45, 2.75) is 39.3 Å². The van der Waals surface area contributed by atoms with Gasteiger partial charge < -0.3 is 15.2 Å². The molecule has 0 atom stereocenters. The minimum absolute atomic E-state index is 0.330. The van der Waals surface area contributed by atoms with E-state index in [9.17, 15) is 4.79 Å². The van der Waals surface area contributed by atoms with Crippen molar-refractivity contribution in [3.8, 4) is 17.6 Å². The fourth-order valence-electron chi connectivity index (χ4n) is 3.19. The summed E-state index contributed by atoms with van der Waals surface area (Å²) < 4.78 is 5.14. The molecule has 0 radical (unpaired) electrons. The van der Waals surface area contributed by atoms with E-state index >= 15 is 0 Å². The molecule has 3 rings (SSSR count). The maximum Gasteiger partial charge on any atom is 0.341 e. The molecule has 3 aromatic rings. The van der Waals surface area contributed by atoms with E-state index in [0.717, 1.165) is 36.2 Å². The number of aryl methyl sites for hydroxylation is 1. The van der Waals surface area contributed by atoms with Crippen molar-refractivity contribution < 1.29 is 14.6 Å². The third-order valence-corrected chi connectivity index (χ3v) is 5.02. The number of carbonyl (C=O) groups is 1. The summed E-state index contributed by atoms with van der Waals surface area (Å²) >= 11 is 0. The first-order valence-corrected chi connectivity index (χ1v) is 11.0. The zero-order valence-corrected chi connectivity index (χ0v) is 18.4. The molecule has 164 valence electrons. The number of unbranched alkanes of at least 4 members (excludes halogenated alkanes) is 1. The Balaban J connectivity index is 1.45. The second kappa shape index (κ2) is 12.3. The lowest BCUT2D eigenvalue weighted by Gasteiger charge is -2.07. The molecule has 2 N–H and O–H groups in total. The molecule has 0 saturated carbocycles. The maximum absolute atomic E-state index is 10.5. The van der Waals surface area contributed by atoms with Gasteiger partial charge in [-0.3, -0.25) is 0 Å². The lowest BCUT2D eigenvalue weighted by atomic mass is 10.1. The summed E-state index contributed by atoms with van der Waals surface area (Å²) in [5.74, 6) is 6.05. The standard InChI is InChI=1S/C28H29NO3/c1-2-3-4-22-5-7-23(8-6-22)9-10-24-11-13-25(14-12-24)19-29-20-26-15-17-27(18-16-26)32-21-28(30)31/h5-8,11-18,29H,2-4,19-21H2,1H3,(H,30,31). The average molecular weight is 428 g/mol. The van der Waals surface area contributed by atoms with Crippen LogP contribution in [0.4, 0.5) is 0 Å². The van der Waals surface area contributed by atoms with Gasteiger partial charge in [-0.1, -0.05) is 61.6 Å². The maximum atomic E-state index is 10.5. The highest BCUT2D eigenvalue weighted by Crippen LogP contribution is 2.12. The summed E-state index contributed by atoms with van der Waals surface area (Å²) in [5, 5.41) is 12.1. The highest BCUT2D eigenvalue weighted by molar-refractivity contribution is 5.68. The molecular weight excluding hydrogens is 398 g/mol. The number of rotatable bonds is 10. The Bertz CT molecular complexity index is 1040. The van der Waals surface area contributed by atoms with Crippen molar-refractivity contribution in [3.05, 3.63) is 101 Å². The van der Waals surface area contributed by atoms with Crippen LogP contribution in [0.25, 0.3) is 0 Å². The number of hydrogen-bond donors (Lipinski definition) is 2. The predicted octanol–water partition coefficient (Wildman–Crippen LogP) is 5.18. The third-order valence-electron chi connectivity index (χ3n) is 5.02. The smallest absolute Gasteiger partial charge is 0.341 e. The zero-order chi connectivity index (χ0) is 22.6. The van der Waals surface area contributed by atoms with Gasteiger partial charge in [-0.2, -0.15) is 0 Å². The van der Waals surface area contributed by atoms with Crippen LogP contribution < -0.4 is 10.1 Å². The molecule has 0 unspecified atom stereocenters. The summed E-state index contributed by atoms with van der Waals surface area (Å²) in [5.41, 5.74) is 5.71. The largest absolute Gasteiger partial charge is 0.482 e. The van der Waals surface area contributed by atoms with E-state index in [1.54, 1.807) is 12.1 Å². The minimum Gasteiger partial charge on any atom is -0.482 e. The van der Waals surface area contributed by atoms with Crippen LogP contribution in [0.2, 0.25) is 0 Å². The van der Waals surface area contributed by atoms with Gasteiger partial charge in [0, 0.05) is 24.2 Å². The molecular formula is C28H29NO3. The Morgan fingerprint density at radius 2 is 1.31 bits per heavy atom. The van der Waals surface area contributed by atoms with Crippen LogP contribution in [0.5, 0.6) is 5.75 Å². The van der Waals surface area contributed by atoms with Gasteiger partial charge in [0.1, 0.15) is 5.75 Å². The molecule has 0 saturated heterocycles. The molecule has 3 aromatic carbocycles. The summed E-state index contributed by atoms with van der Waals surface area (Å²) in [7, 11) is 0. The first-order valence-electron chi connectivity index (χ1n) is 11.0. The van der Waals surface area contributed by atoms with Crippen molar-refractivity contribution in [2.75, 3.05) is 6.61 Å². The van der Waals surface area contributed by atoms with Crippen LogP contribution in [0.1, 0.15) is 47.6 Å². The molecule has 0 bridgehead atoms. The van der Waals surface area contributed by atoms with Crippen molar-refractivity contribution in [1.82, 2.24) is 5.32 Å². The fraction of sp³-hybridized carbons (Fsp3) is 0.250. The van der Waals surface area contributed by atoms with E-state index < -0.39 is 5.97 Å². The van der Waals surface area contributed by atoms with Crippen LogP contribution in [0, 0.1) is 11.8 Å². The Morgan fingerprint density at radius 1 is 0.812 bits per heavy atom. The highest BCUT2D eigenvalue weighted by atomic mass is 16.5. The molecule has 0 aliphatic heterocycles. The first-order chi connectivity index (χ1) is 15.6. The van der Waals surface area contributed by atoms with Gasteiger partial charge in [-0.15, -0.1) is 0 Å². The van der Waals surface area contributed by atoms with E-state index in [1.807, 2.05) is 24.3 Å². The highest BCUT2D eigenvalue weighted by Gasteiger charge is 2.00. The number of ether oxygens (including phenoxy) is 1. The molecule has 0 amide bonds. The average Bonchev–Trinajstić information content (AvgIpc) is 2.82. The number of benzene rings is 3. The minimum atomic E-state index is -0.982. The van der Waals surface area contributed by atoms with E-state index in [0.29, 0.717) is 5.75 Å². The van der Waals surface area contributed by atoms with Gasteiger partial charge >= 0.3 is 5.97 Å². The van der Waals surface area contributed by atoms with Gasteiger partial charge in [-0.05, 0) is 65.9 Å². The SMILES string of the molecule is CCCCc1ccc(C#Cc2ccc(CNCc3ccc(OCC(=O)O)cc3)cc2)cc1. The molecule has 4 heteroatoms. The van der Waals surface area contributed by atoms with Crippen molar-refractivity contribution >= 4 is 5.97 Å². The number of carboxylic acids is 1. The summed E-state index contributed by atoms with van der Waals surface area (Å²) in [4.78, 5) is 10.5. The van der Waals surface area contributed by atoms with E-state index in [1.165, 1.54) is 24.0 Å². The summed E-state index contributed by atoms with van der Waals surface area (Å²) in [6, 6.07) is 24.2. The normalized spacial score (nSPS) is 10.3. The van der Waals surface area contributed by atoms with Crippen molar-refractivity contribution in [1.29, 1.82) is 0 Å². The molecule has 4 nitrogen and oxygen atoms in total. The van der Waals surface area contributed by atoms with Crippen molar-refractivity contribution in [3.63, 3.8) is 0 Å². The number of aliphatic carboxylic acids is 1. The molecule has 0 aliphatic carbocycles. The molecule has 0 spiro atoms. The second-order valence-electron chi connectivity index (χ2n) is 7.68. The van der Waals surface area contributed by atoms with Gasteiger partial charge in [0.05, 0.1) is 0 Å². The van der Waals surface area contributed by atoms with Gasteiger partial charge in [0.25, 0.3) is 0 Å². The predicted molar refractivity (Wildman–Crippen MR) is 128 cm³/mol. The number of hydrogen-bond acceptors (Lipinski definition) is 3. The molecule has 0 fully saturated rings. The van der Waals surface area contributed by atoms with Crippen LogP contribution in [0.15, 0.2) is 72.8 Å². The first kappa shape index (κ1) is 23.1. The third kappa shape index (κ3) is 7.94. The Hall–Kier alpha value is -3.55. The van der Waals surface area contributed by atoms with Gasteiger partial charge in [0.15, 0.2) is 6.61 Å². The lowest BCUT2D eigenvalue weighted by Crippen LogP contribution is -2.12. The van der Waals surface area contributed by atoms with Gasteiger partial charge in [0.2, 0.25) is 0 Å². The van der Waals surface area contributed by atoms with Crippen LogP contribution in [0.3, 0.4) is 0 Å². The zero-order valence-electron chi connectivity index (χ0n) is 18.4. The second-order valence-corrected chi connectivity index (χ2v) is 7.68. The van der Waals surface area contributed by atoms with Crippen molar-refractivity contribution in [2.24, 2.45) is 0 Å². The Labute approximate surface area is 190 Å². The van der Waals surface area contributed by atoms with E-state index in [4.69, 9.17) is 9.84 Å². The topological polar surface area (TPSA) is 58.6 Å². The monoisotopic (exact) mass is 427 g/mol. The summed E-state index contributed by atoms with van der Waals surface area (Å²) in [6.45, 7) is 3.35. The van der Waals surface area contributed by atoms with E-state index in [2.05, 4.69) is 60.5 Å². The molecule has 0 aliphatic rings. The fourth-order valence-corrected chi connectivity index (χ4v) is 3.19. The molecule has 0 aromatic heterocycles. The molecule has 32 heavy (non-hydrogen) atoms. The summed E-state index contributed by atoms with van der Waals surface area (Å²) in [6.07, 6.45) is 3.57. The van der Waals surface area contributed by atoms with Crippen LogP contribution in [-0.2, 0) is 24.3 Å². The van der Waals surface area contributed by atoms with Crippen LogP contribution in [-0.4, -0.2) is 17.7 Å². The quantitative estimate of drug-likeness (QED) is 0.438. The Kier molecular flexibility index (Phi) is 8.92. The number of nitrogens with one attached hydrogen (secondary N) is 1.